The maximum Gasteiger partial charge on any atom is 0.178 e. The van der Waals surface area contributed by atoms with Crippen LogP contribution in [0.15, 0.2) is 0 Å². The topological polar surface area (TPSA) is 43.6 Å². The van der Waals surface area contributed by atoms with Crippen molar-refractivity contribution in [1.82, 2.24) is 20.2 Å². The number of hydrogen-bond donors (Lipinski definition) is 0. The Balaban J connectivity index is 2.16. The lowest BCUT2D eigenvalue weighted by Crippen LogP contribution is -2.24. The summed E-state index contributed by atoms with van der Waals surface area (Å²) in [4.78, 5) is 2.17. The molecule has 15 heavy (non-hydrogen) atoms. The van der Waals surface area contributed by atoms with Gasteiger partial charge in [-0.1, -0.05) is 29.3 Å². The van der Waals surface area contributed by atoms with Crippen molar-refractivity contribution in [1.29, 1.82) is 0 Å². The zero-order valence-electron chi connectivity index (χ0n) is 9.23. The molecular formula is C10H17BrN4. The Morgan fingerprint density at radius 3 is 2.87 bits per heavy atom. The molecule has 4 nitrogen and oxygen atoms in total. The highest BCUT2D eigenvalue weighted by Crippen LogP contribution is 2.40. The van der Waals surface area contributed by atoms with Gasteiger partial charge in [-0.05, 0) is 30.4 Å². The predicted molar refractivity (Wildman–Crippen MR) is 61.9 cm³/mol. The van der Waals surface area contributed by atoms with Gasteiger partial charge in [0.05, 0.1) is 7.05 Å². The van der Waals surface area contributed by atoms with Gasteiger partial charge in [-0.2, -0.15) is 4.80 Å². The van der Waals surface area contributed by atoms with E-state index >= 15 is 0 Å². The van der Waals surface area contributed by atoms with Crippen LogP contribution in [0.1, 0.15) is 44.3 Å². The molecule has 1 heterocycles. The summed E-state index contributed by atoms with van der Waals surface area (Å²) >= 11 is 3.71. The lowest BCUT2D eigenvalue weighted by atomic mass is 9.77. The number of alkyl halides is 1. The van der Waals surface area contributed by atoms with E-state index in [0.29, 0.717) is 10.7 Å². The fourth-order valence-corrected chi connectivity index (χ4v) is 3.10. The van der Waals surface area contributed by atoms with Crippen LogP contribution in [-0.2, 0) is 7.05 Å². The van der Waals surface area contributed by atoms with Crippen molar-refractivity contribution in [2.75, 3.05) is 0 Å². The van der Waals surface area contributed by atoms with E-state index in [9.17, 15) is 0 Å². The second-order valence-corrected chi connectivity index (χ2v) is 5.62. The molecule has 3 atom stereocenters. The van der Waals surface area contributed by atoms with Gasteiger partial charge in [-0.15, -0.1) is 10.2 Å². The lowest BCUT2D eigenvalue weighted by molar-refractivity contribution is 0.297. The first-order chi connectivity index (χ1) is 7.20. The van der Waals surface area contributed by atoms with Crippen molar-refractivity contribution in [3.8, 4) is 0 Å². The van der Waals surface area contributed by atoms with Gasteiger partial charge in [0.25, 0.3) is 0 Å². The van der Waals surface area contributed by atoms with Crippen LogP contribution in [0.4, 0.5) is 0 Å². The summed E-state index contributed by atoms with van der Waals surface area (Å²) in [5, 5.41) is 12.4. The highest BCUT2D eigenvalue weighted by molar-refractivity contribution is 9.09. The number of hydrogen-bond acceptors (Lipinski definition) is 3. The van der Waals surface area contributed by atoms with E-state index in [2.05, 4.69) is 38.3 Å². The average molecular weight is 273 g/mol. The predicted octanol–water partition coefficient (Wildman–Crippen LogP) is 2.27. The van der Waals surface area contributed by atoms with Crippen LogP contribution in [-0.4, -0.2) is 25.0 Å². The number of aromatic nitrogens is 4. The molecule has 3 unspecified atom stereocenters. The van der Waals surface area contributed by atoms with Gasteiger partial charge in [-0.25, -0.2) is 0 Å². The molecule has 0 bridgehead atoms. The van der Waals surface area contributed by atoms with Crippen molar-refractivity contribution in [3.05, 3.63) is 5.82 Å². The Hall–Kier alpha value is -0.450. The largest absolute Gasteiger partial charge is 0.178 e. The highest BCUT2D eigenvalue weighted by atomic mass is 79.9. The minimum Gasteiger partial charge on any atom is -0.167 e. The molecule has 0 radical (unpaired) electrons. The van der Waals surface area contributed by atoms with Crippen LogP contribution in [0.3, 0.4) is 0 Å². The fourth-order valence-electron chi connectivity index (χ4n) is 2.43. The minimum atomic E-state index is 0.488. The highest BCUT2D eigenvalue weighted by Gasteiger charge is 2.32. The number of rotatable bonds is 2. The summed E-state index contributed by atoms with van der Waals surface area (Å²) in [6, 6.07) is 0. The van der Waals surface area contributed by atoms with Crippen LogP contribution in [0.25, 0.3) is 0 Å². The van der Waals surface area contributed by atoms with Gasteiger partial charge in [0.2, 0.25) is 0 Å². The molecule has 0 saturated heterocycles. The first-order valence-corrected chi connectivity index (χ1v) is 6.50. The summed E-state index contributed by atoms with van der Waals surface area (Å²) < 4.78 is 0. The Kier molecular flexibility index (Phi) is 3.38. The maximum atomic E-state index is 4.34. The number of tetrazole rings is 1. The molecule has 1 aliphatic carbocycles. The molecule has 0 aliphatic heterocycles. The van der Waals surface area contributed by atoms with Crippen molar-refractivity contribution in [2.24, 2.45) is 13.0 Å². The molecule has 5 heteroatoms. The van der Waals surface area contributed by atoms with Crippen molar-refractivity contribution < 1.29 is 0 Å². The monoisotopic (exact) mass is 272 g/mol. The Bertz CT molecular complexity index is 325. The first kappa shape index (κ1) is 11.0. The average Bonchev–Trinajstić information content (AvgIpc) is 2.65. The van der Waals surface area contributed by atoms with Crippen LogP contribution in [0.2, 0.25) is 0 Å². The molecule has 0 aromatic carbocycles. The molecule has 84 valence electrons. The molecule has 1 aromatic rings. The number of nitrogens with zero attached hydrogens (tertiary/aromatic N) is 4. The third kappa shape index (κ3) is 2.38. The maximum absolute atomic E-state index is 4.34. The van der Waals surface area contributed by atoms with Gasteiger partial charge < -0.3 is 0 Å². The summed E-state index contributed by atoms with van der Waals surface area (Å²) in [6.07, 6.45) is 4.90. The molecule has 2 rings (SSSR count). The van der Waals surface area contributed by atoms with Gasteiger partial charge in [0.1, 0.15) is 0 Å². The van der Waals surface area contributed by atoms with Crippen LogP contribution < -0.4 is 0 Å². The number of aryl methyl sites for hydroxylation is 1. The molecule has 0 spiro atoms. The van der Waals surface area contributed by atoms with Crippen molar-refractivity contribution in [2.45, 2.75) is 43.4 Å². The summed E-state index contributed by atoms with van der Waals surface area (Å²) in [7, 11) is 1.83. The van der Waals surface area contributed by atoms with E-state index in [1.54, 1.807) is 4.80 Å². The Morgan fingerprint density at radius 2 is 2.27 bits per heavy atom. The number of halogens is 1. The van der Waals surface area contributed by atoms with Crippen molar-refractivity contribution in [3.63, 3.8) is 0 Å². The van der Waals surface area contributed by atoms with Gasteiger partial charge in [-0.3, -0.25) is 0 Å². The zero-order valence-corrected chi connectivity index (χ0v) is 10.8. The van der Waals surface area contributed by atoms with E-state index in [0.717, 1.165) is 18.2 Å². The normalized spacial score (nSPS) is 31.8. The summed E-state index contributed by atoms with van der Waals surface area (Å²) in [5.74, 6) is 2.14. The Labute approximate surface area is 98.6 Å². The SMILES string of the molecule is CCC1CCC(Br)CC1c1nnn(C)n1. The fraction of sp³-hybridized carbons (Fsp3) is 0.900. The molecule has 0 amide bonds. The molecular weight excluding hydrogens is 256 g/mol. The van der Waals surface area contributed by atoms with E-state index in [4.69, 9.17) is 0 Å². The third-order valence-electron chi connectivity index (χ3n) is 3.31. The van der Waals surface area contributed by atoms with E-state index < -0.39 is 0 Å². The second-order valence-electron chi connectivity index (χ2n) is 4.32. The van der Waals surface area contributed by atoms with Crippen LogP contribution in [0.5, 0.6) is 0 Å². The van der Waals surface area contributed by atoms with Crippen LogP contribution in [0, 0.1) is 5.92 Å². The molecule has 0 N–H and O–H groups in total. The van der Waals surface area contributed by atoms with Crippen LogP contribution >= 0.6 is 15.9 Å². The quantitative estimate of drug-likeness (QED) is 0.776. The van der Waals surface area contributed by atoms with Gasteiger partial charge >= 0.3 is 0 Å². The third-order valence-corrected chi connectivity index (χ3v) is 4.14. The summed E-state index contributed by atoms with van der Waals surface area (Å²) in [5.41, 5.74) is 0. The minimum absolute atomic E-state index is 0.488. The lowest BCUT2D eigenvalue weighted by Gasteiger charge is -2.31. The molecule has 1 fully saturated rings. The van der Waals surface area contributed by atoms with E-state index in [1.165, 1.54) is 19.3 Å². The van der Waals surface area contributed by atoms with E-state index in [1.807, 2.05) is 7.05 Å². The summed E-state index contributed by atoms with van der Waals surface area (Å²) in [6.45, 7) is 2.25. The van der Waals surface area contributed by atoms with E-state index in [-0.39, 0.29) is 0 Å². The second kappa shape index (κ2) is 4.60. The van der Waals surface area contributed by atoms with Gasteiger partial charge in [0, 0.05) is 10.7 Å². The zero-order chi connectivity index (χ0) is 10.8. The standard InChI is InChI=1S/C10H17BrN4/c1-3-7-4-5-8(11)6-9(7)10-12-14-15(2)13-10/h7-9H,3-6H2,1-2H3. The molecule has 1 aromatic heterocycles. The Morgan fingerprint density at radius 1 is 1.47 bits per heavy atom. The molecule has 1 aliphatic rings. The van der Waals surface area contributed by atoms with Crippen molar-refractivity contribution >= 4 is 15.9 Å². The first-order valence-electron chi connectivity index (χ1n) is 5.58. The smallest absolute Gasteiger partial charge is 0.167 e. The van der Waals surface area contributed by atoms with Gasteiger partial charge in [0.15, 0.2) is 5.82 Å². The molecule has 1 saturated carbocycles.